The van der Waals surface area contributed by atoms with Gasteiger partial charge in [0.1, 0.15) is 17.5 Å². The highest BCUT2D eigenvalue weighted by Crippen LogP contribution is 2.21. The maximum absolute atomic E-state index is 13.4. The first-order valence-corrected chi connectivity index (χ1v) is 6.96. The largest absolute Gasteiger partial charge is 0.370 e. The smallest absolute Gasteiger partial charge is 0.259 e. The summed E-state index contributed by atoms with van der Waals surface area (Å²) < 4.78 is 27.0. The van der Waals surface area contributed by atoms with Crippen LogP contribution in [0.1, 0.15) is 17.3 Å². The molecule has 2 N–H and O–H groups in total. The Balaban J connectivity index is 2.27. The van der Waals surface area contributed by atoms with E-state index in [1.165, 1.54) is 18.2 Å². The summed E-state index contributed by atoms with van der Waals surface area (Å²) in [6.45, 7) is 2.36. The molecule has 0 atom stereocenters. The van der Waals surface area contributed by atoms with E-state index in [4.69, 9.17) is 0 Å². The van der Waals surface area contributed by atoms with Gasteiger partial charge in [0.05, 0.1) is 16.2 Å². The molecule has 0 fully saturated rings. The number of carbonyl (C=O) groups is 1. The van der Waals surface area contributed by atoms with Crippen molar-refractivity contribution in [3.05, 3.63) is 52.1 Å². The zero-order valence-corrected chi connectivity index (χ0v) is 12.7. The van der Waals surface area contributed by atoms with Crippen LogP contribution in [0.15, 0.2) is 34.9 Å². The molecule has 0 radical (unpaired) electrons. The van der Waals surface area contributed by atoms with E-state index in [2.05, 4.69) is 31.5 Å². The molecule has 21 heavy (non-hydrogen) atoms. The zero-order chi connectivity index (χ0) is 15.4. The van der Waals surface area contributed by atoms with Gasteiger partial charge in [-0.15, -0.1) is 0 Å². The second-order valence-electron chi connectivity index (χ2n) is 4.16. The number of nitrogens with one attached hydrogen (secondary N) is 2. The topological polar surface area (TPSA) is 54.0 Å². The number of nitrogens with zero attached hydrogens (tertiary/aromatic N) is 1. The van der Waals surface area contributed by atoms with Gasteiger partial charge in [0.15, 0.2) is 0 Å². The van der Waals surface area contributed by atoms with E-state index >= 15 is 0 Å². The molecule has 1 aromatic carbocycles. The summed E-state index contributed by atoms with van der Waals surface area (Å²) in [4.78, 5) is 16.0. The second-order valence-corrected chi connectivity index (χ2v) is 5.02. The number of carbonyl (C=O) groups excluding carboxylic acids is 1. The lowest BCUT2D eigenvalue weighted by atomic mass is 10.2. The molecule has 7 heteroatoms. The number of anilines is 2. The monoisotopic (exact) mass is 355 g/mol. The van der Waals surface area contributed by atoms with Gasteiger partial charge in [-0.2, -0.15) is 0 Å². The lowest BCUT2D eigenvalue weighted by Crippen LogP contribution is -2.16. The third-order valence-electron chi connectivity index (χ3n) is 2.62. The molecule has 1 aromatic heterocycles. The second kappa shape index (κ2) is 6.62. The highest BCUT2D eigenvalue weighted by Gasteiger charge is 2.14. The minimum atomic E-state index is -0.621. The predicted octanol–water partition coefficient (Wildman–Crippen LogP) is 3.81. The Labute approximate surface area is 128 Å². The van der Waals surface area contributed by atoms with Gasteiger partial charge in [-0.1, -0.05) is 0 Å². The highest BCUT2D eigenvalue weighted by atomic mass is 79.9. The molecular formula is C14H12BrF2N3O. The maximum atomic E-state index is 13.4. The molecule has 1 amide bonds. The number of aromatic nitrogens is 1. The normalized spacial score (nSPS) is 10.3. The van der Waals surface area contributed by atoms with Crippen LogP contribution in [0.4, 0.5) is 20.3 Å². The summed E-state index contributed by atoms with van der Waals surface area (Å²) in [7, 11) is 0. The average Bonchev–Trinajstić information content (AvgIpc) is 2.45. The minimum absolute atomic E-state index is 0.0557. The molecule has 0 aliphatic rings. The molecule has 0 unspecified atom stereocenters. The van der Waals surface area contributed by atoms with Gasteiger partial charge in [0.2, 0.25) is 0 Å². The molecule has 110 valence electrons. The number of hydrogen-bond donors (Lipinski definition) is 2. The Kier molecular flexibility index (Phi) is 4.85. The molecule has 2 rings (SSSR count). The lowest BCUT2D eigenvalue weighted by molar-refractivity contribution is 0.102. The quantitative estimate of drug-likeness (QED) is 0.876. The van der Waals surface area contributed by atoms with Gasteiger partial charge >= 0.3 is 0 Å². The Morgan fingerprint density at radius 3 is 2.76 bits per heavy atom. The van der Waals surface area contributed by atoms with Crippen LogP contribution in [0.2, 0.25) is 0 Å². The predicted molar refractivity (Wildman–Crippen MR) is 80.4 cm³/mol. The van der Waals surface area contributed by atoms with Crippen LogP contribution >= 0.6 is 15.9 Å². The van der Waals surface area contributed by atoms with Crippen molar-refractivity contribution in [2.75, 3.05) is 17.2 Å². The Morgan fingerprint density at radius 2 is 2.10 bits per heavy atom. The molecule has 0 saturated heterocycles. The molecular weight excluding hydrogens is 344 g/mol. The molecule has 0 saturated carbocycles. The first-order valence-electron chi connectivity index (χ1n) is 6.17. The summed E-state index contributed by atoms with van der Waals surface area (Å²) in [5, 5.41) is 5.38. The molecule has 4 nitrogen and oxygen atoms in total. The maximum Gasteiger partial charge on any atom is 0.259 e. The third-order valence-corrected chi connectivity index (χ3v) is 3.26. The van der Waals surface area contributed by atoms with Gasteiger partial charge in [0, 0.05) is 12.2 Å². The van der Waals surface area contributed by atoms with Crippen LogP contribution in [-0.2, 0) is 0 Å². The number of benzene rings is 1. The lowest BCUT2D eigenvalue weighted by Gasteiger charge is -2.10. The molecule has 0 aliphatic carbocycles. The average molecular weight is 356 g/mol. The Bertz CT molecular complexity index is 679. The van der Waals surface area contributed by atoms with Crippen molar-refractivity contribution in [3.8, 4) is 0 Å². The summed E-state index contributed by atoms with van der Waals surface area (Å²) >= 11 is 3.02. The van der Waals surface area contributed by atoms with Gasteiger partial charge in [-0.05, 0) is 47.1 Å². The summed E-state index contributed by atoms with van der Waals surface area (Å²) in [6, 6.07) is 5.25. The van der Waals surface area contributed by atoms with E-state index in [9.17, 15) is 13.6 Å². The van der Waals surface area contributed by atoms with Crippen molar-refractivity contribution in [2.45, 2.75) is 6.92 Å². The van der Waals surface area contributed by atoms with Gasteiger partial charge < -0.3 is 10.6 Å². The molecule has 0 bridgehead atoms. The van der Waals surface area contributed by atoms with E-state index in [0.717, 1.165) is 12.3 Å². The van der Waals surface area contributed by atoms with Crippen LogP contribution in [-0.4, -0.2) is 17.4 Å². The van der Waals surface area contributed by atoms with Crippen LogP contribution in [0, 0.1) is 11.6 Å². The third kappa shape index (κ3) is 3.75. The fourth-order valence-corrected chi connectivity index (χ4v) is 1.94. The number of halogens is 3. The Morgan fingerprint density at radius 1 is 1.33 bits per heavy atom. The van der Waals surface area contributed by atoms with E-state index in [1.807, 2.05) is 6.92 Å². The van der Waals surface area contributed by atoms with E-state index in [-0.39, 0.29) is 17.1 Å². The Hall–Kier alpha value is -2.02. The molecule has 0 aliphatic heterocycles. The van der Waals surface area contributed by atoms with Gasteiger partial charge in [0.25, 0.3) is 5.91 Å². The summed E-state index contributed by atoms with van der Waals surface area (Å²) in [5.41, 5.74) is 0.326. The first kappa shape index (κ1) is 15.4. The van der Waals surface area contributed by atoms with Crippen molar-refractivity contribution in [1.29, 1.82) is 0 Å². The standard InChI is InChI=1S/C14H12BrF2N3O/c1-2-18-13-10(5-8(16)7-19-13)14(21)20-9-3-4-11(15)12(17)6-9/h3-7H,2H2,1H3,(H,18,19)(H,20,21). The molecule has 2 aromatic rings. The van der Waals surface area contributed by atoms with Crippen molar-refractivity contribution in [1.82, 2.24) is 4.98 Å². The van der Waals surface area contributed by atoms with Crippen LogP contribution in [0.5, 0.6) is 0 Å². The fraction of sp³-hybridized carbons (Fsp3) is 0.143. The summed E-state index contributed by atoms with van der Waals surface area (Å²) in [6.07, 6.45) is 1.02. The van der Waals surface area contributed by atoms with Gasteiger partial charge in [-0.25, -0.2) is 13.8 Å². The van der Waals surface area contributed by atoms with Crippen molar-refractivity contribution < 1.29 is 13.6 Å². The number of amides is 1. The van der Waals surface area contributed by atoms with Crippen molar-refractivity contribution in [2.24, 2.45) is 0 Å². The van der Waals surface area contributed by atoms with Crippen LogP contribution in [0.25, 0.3) is 0 Å². The van der Waals surface area contributed by atoms with E-state index in [1.54, 1.807) is 0 Å². The number of rotatable bonds is 4. The van der Waals surface area contributed by atoms with Crippen molar-refractivity contribution >= 4 is 33.3 Å². The zero-order valence-electron chi connectivity index (χ0n) is 11.1. The SMILES string of the molecule is CCNc1ncc(F)cc1C(=O)Nc1ccc(Br)c(F)c1. The van der Waals surface area contributed by atoms with Crippen molar-refractivity contribution in [3.63, 3.8) is 0 Å². The minimum Gasteiger partial charge on any atom is -0.370 e. The molecule has 1 heterocycles. The van der Waals surface area contributed by atoms with E-state index < -0.39 is 17.5 Å². The first-order chi connectivity index (χ1) is 10.0. The summed E-state index contributed by atoms with van der Waals surface area (Å²) in [5.74, 6) is -1.42. The van der Waals surface area contributed by atoms with Crippen LogP contribution in [0.3, 0.4) is 0 Å². The van der Waals surface area contributed by atoms with Crippen LogP contribution < -0.4 is 10.6 Å². The molecule has 0 spiro atoms. The highest BCUT2D eigenvalue weighted by molar-refractivity contribution is 9.10. The number of pyridine rings is 1. The number of hydrogen-bond acceptors (Lipinski definition) is 3. The van der Waals surface area contributed by atoms with Gasteiger partial charge in [-0.3, -0.25) is 4.79 Å². The van der Waals surface area contributed by atoms with E-state index in [0.29, 0.717) is 11.0 Å². The fourth-order valence-electron chi connectivity index (χ4n) is 1.69.